The van der Waals surface area contributed by atoms with E-state index in [-0.39, 0.29) is 0 Å². The summed E-state index contributed by atoms with van der Waals surface area (Å²) in [4.78, 5) is 0. The molecule has 0 heterocycles. The van der Waals surface area contributed by atoms with E-state index in [1.807, 2.05) is 0 Å². The molecule has 3 heteroatoms. The molecule has 0 aromatic rings. The van der Waals surface area contributed by atoms with Gasteiger partial charge in [-0.1, -0.05) is 19.8 Å². The summed E-state index contributed by atoms with van der Waals surface area (Å²) in [6.07, 6.45) is 5.45. The molecule has 76 valence electrons. The van der Waals surface area contributed by atoms with Gasteiger partial charge in [0.2, 0.25) is 0 Å². The Balaban J connectivity index is 2.21. The van der Waals surface area contributed by atoms with Gasteiger partial charge < -0.3 is 10.6 Å². The Morgan fingerprint density at radius 3 is 2.46 bits per heavy atom. The van der Waals surface area contributed by atoms with E-state index in [9.17, 15) is 0 Å². The normalized spacial score (nSPS) is 19.8. The number of hydrogen-bond donors (Lipinski definition) is 2. The van der Waals surface area contributed by atoms with Gasteiger partial charge in [0, 0.05) is 13.1 Å². The van der Waals surface area contributed by atoms with Gasteiger partial charge in [0.25, 0.3) is 0 Å². The van der Waals surface area contributed by atoms with Gasteiger partial charge in [-0.2, -0.15) is 0 Å². The highest BCUT2D eigenvalue weighted by atomic mass is 32.1. The zero-order valence-corrected chi connectivity index (χ0v) is 9.47. The zero-order valence-electron chi connectivity index (χ0n) is 8.65. The molecule has 0 amide bonds. The molecule has 1 saturated carbocycles. The first kappa shape index (κ1) is 10.8. The van der Waals surface area contributed by atoms with Gasteiger partial charge in [0.1, 0.15) is 0 Å². The molecule has 0 saturated heterocycles. The average Bonchev–Trinajstić information content (AvgIpc) is 2.51. The molecule has 1 aliphatic rings. The second-order valence-corrected chi connectivity index (χ2v) is 4.64. The van der Waals surface area contributed by atoms with Crippen molar-refractivity contribution in [1.82, 2.24) is 10.6 Å². The standard InChI is InChI=1S/C10H20N2S/c1-3-11-9(13)12-8-10(2)6-4-5-7-10/h3-8H2,1-2H3,(H2,11,12,13). The van der Waals surface area contributed by atoms with E-state index >= 15 is 0 Å². The van der Waals surface area contributed by atoms with Gasteiger partial charge in [-0.15, -0.1) is 0 Å². The summed E-state index contributed by atoms with van der Waals surface area (Å²) in [5.74, 6) is 0. The third-order valence-corrected chi connectivity index (χ3v) is 3.11. The lowest BCUT2D eigenvalue weighted by molar-refractivity contribution is 0.335. The Bertz CT molecular complexity index is 174. The van der Waals surface area contributed by atoms with Crippen molar-refractivity contribution in [3.8, 4) is 0 Å². The summed E-state index contributed by atoms with van der Waals surface area (Å²) < 4.78 is 0. The van der Waals surface area contributed by atoms with Crippen LogP contribution < -0.4 is 10.6 Å². The Kier molecular flexibility index (Phi) is 3.97. The fourth-order valence-corrected chi connectivity index (χ4v) is 2.14. The Labute approximate surface area is 86.5 Å². The van der Waals surface area contributed by atoms with E-state index in [4.69, 9.17) is 12.2 Å². The van der Waals surface area contributed by atoms with Crippen molar-refractivity contribution in [3.05, 3.63) is 0 Å². The van der Waals surface area contributed by atoms with Gasteiger partial charge in [-0.05, 0) is 37.4 Å². The molecule has 2 nitrogen and oxygen atoms in total. The molecule has 0 aliphatic heterocycles. The summed E-state index contributed by atoms with van der Waals surface area (Å²) in [5.41, 5.74) is 0.486. The maximum atomic E-state index is 5.12. The lowest BCUT2D eigenvalue weighted by Gasteiger charge is -2.24. The van der Waals surface area contributed by atoms with Crippen molar-refractivity contribution in [2.45, 2.75) is 39.5 Å². The quantitative estimate of drug-likeness (QED) is 0.682. The van der Waals surface area contributed by atoms with E-state index in [0.29, 0.717) is 5.41 Å². The number of hydrogen-bond acceptors (Lipinski definition) is 1. The zero-order chi connectivity index (χ0) is 9.73. The Morgan fingerprint density at radius 1 is 1.31 bits per heavy atom. The minimum atomic E-state index is 0.486. The predicted octanol–water partition coefficient (Wildman–Crippen LogP) is 2.05. The summed E-state index contributed by atoms with van der Waals surface area (Å²) >= 11 is 5.12. The molecule has 0 unspecified atom stereocenters. The first-order valence-corrected chi connectivity index (χ1v) is 5.59. The lowest BCUT2D eigenvalue weighted by atomic mass is 9.89. The molecule has 1 rings (SSSR count). The van der Waals surface area contributed by atoms with Crippen LogP contribution in [0.4, 0.5) is 0 Å². The fourth-order valence-electron chi connectivity index (χ4n) is 1.92. The molecule has 13 heavy (non-hydrogen) atoms. The molecule has 0 atom stereocenters. The van der Waals surface area contributed by atoms with Crippen molar-refractivity contribution in [1.29, 1.82) is 0 Å². The SMILES string of the molecule is CCNC(=S)NCC1(C)CCCC1. The maximum absolute atomic E-state index is 5.12. The van der Waals surface area contributed by atoms with Crippen LogP contribution in [0.3, 0.4) is 0 Å². The first-order chi connectivity index (χ1) is 6.16. The molecule has 0 aromatic carbocycles. The summed E-state index contributed by atoms with van der Waals surface area (Å²) in [6.45, 7) is 6.34. The second kappa shape index (κ2) is 4.80. The fraction of sp³-hybridized carbons (Fsp3) is 0.900. The van der Waals surface area contributed by atoms with Crippen molar-refractivity contribution in [3.63, 3.8) is 0 Å². The minimum Gasteiger partial charge on any atom is -0.363 e. The lowest BCUT2D eigenvalue weighted by Crippen LogP contribution is -2.40. The topological polar surface area (TPSA) is 24.1 Å². The summed E-state index contributed by atoms with van der Waals surface area (Å²) in [7, 11) is 0. The molecule has 0 radical (unpaired) electrons. The van der Waals surface area contributed by atoms with Crippen LogP contribution in [0.25, 0.3) is 0 Å². The third-order valence-electron chi connectivity index (χ3n) is 2.82. The highest BCUT2D eigenvalue weighted by Crippen LogP contribution is 2.36. The molecular weight excluding hydrogens is 180 g/mol. The van der Waals surface area contributed by atoms with E-state index in [1.165, 1.54) is 25.7 Å². The maximum Gasteiger partial charge on any atom is 0.166 e. The number of thiocarbonyl (C=S) groups is 1. The van der Waals surface area contributed by atoms with Crippen LogP contribution in [0.1, 0.15) is 39.5 Å². The van der Waals surface area contributed by atoms with Crippen LogP contribution in [-0.2, 0) is 0 Å². The minimum absolute atomic E-state index is 0.486. The van der Waals surface area contributed by atoms with Gasteiger partial charge in [0.05, 0.1) is 0 Å². The van der Waals surface area contributed by atoms with Crippen LogP contribution in [0.5, 0.6) is 0 Å². The molecule has 0 spiro atoms. The van der Waals surface area contributed by atoms with Crippen molar-refractivity contribution in [2.75, 3.05) is 13.1 Å². The summed E-state index contributed by atoms with van der Waals surface area (Å²) in [6, 6.07) is 0. The van der Waals surface area contributed by atoms with Crippen LogP contribution in [-0.4, -0.2) is 18.2 Å². The molecule has 2 N–H and O–H groups in total. The predicted molar refractivity (Wildman–Crippen MR) is 60.9 cm³/mol. The second-order valence-electron chi connectivity index (χ2n) is 4.23. The molecular formula is C10H20N2S. The molecule has 0 bridgehead atoms. The van der Waals surface area contributed by atoms with Gasteiger partial charge in [-0.3, -0.25) is 0 Å². The Morgan fingerprint density at radius 2 is 1.92 bits per heavy atom. The van der Waals surface area contributed by atoms with Gasteiger partial charge >= 0.3 is 0 Å². The van der Waals surface area contributed by atoms with Crippen LogP contribution in [0.2, 0.25) is 0 Å². The molecule has 1 aliphatic carbocycles. The third kappa shape index (κ3) is 3.51. The monoisotopic (exact) mass is 200 g/mol. The van der Waals surface area contributed by atoms with E-state index in [0.717, 1.165) is 18.2 Å². The van der Waals surface area contributed by atoms with Crippen molar-refractivity contribution < 1.29 is 0 Å². The smallest absolute Gasteiger partial charge is 0.166 e. The van der Waals surface area contributed by atoms with E-state index in [2.05, 4.69) is 24.5 Å². The molecule has 1 fully saturated rings. The van der Waals surface area contributed by atoms with Crippen LogP contribution in [0, 0.1) is 5.41 Å². The van der Waals surface area contributed by atoms with Crippen molar-refractivity contribution in [2.24, 2.45) is 5.41 Å². The van der Waals surface area contributed by atoms with Gasteiger partial charge in [-0.25, -0.2) is 0 Å². The highest BCUT2D eigenvalue weighted by molar-refractivity contribution is 7.80. The average molecular weight is 200 g/mol. The first-order valence-electron chi connectivity index (χ1n) is 5.18. The van der Waals surface area contributed by atoms with Crippen LogP contribution >= 0.6 is 12.2 Å². The number of nitrogens with one attached hydrogen (secondary N) is 2. The largest absolute Gasteiger partial charge is 0.363 e. The van der Waals surface area contributed by atoms with E-state index < -0.39 is 0 Å². The van der Waals surface area contributed by atoms with Crippen LogP contribution in [0.15, 0.2) is 0 Å². The molecule has 0 aromatic heterocycles. The summed E-state index contributed by atoms with van der Waals surface area (Å²) in [5, 5.41) is 7.19. The highest BCUT2D eigenvalue weighted by Gasteiger charge is 2.28. The van der Waals surface area contributed by atoms with E-state index in [1.54, 1.807) is 0 Å². The van der Waals surface area contributed by atoms with Gasteiger partial charge in [0.15, 0.2) is 5.11 Å². The van der Waals surface area contributed by atoms with Crippen molar-refractivity contribution >= 4 is 17.3 Å². The number of rotatable bonds is 3. The Hall–Kier alpha value is -0.310.